The molecule has 0 radical (unpaired) electrons. The van der Waals surface area contributed by atoms with Gasteiger partial charge in [-0.25, -0.2) is 4.79 Å². The molecule has 4 heteroatoms. The van der Waals surface area contributed by atoms with Crippen LogP contribution in [0.2, 0.25) is 0 Å². The maximum absolute atomic E-state index is 11.5. The van der Waals surface area contributed by atoms with E-state index in [0.717, 1.165) is 17.5 Å². The molecule has 0 aliphatic heterocycles. The summed E-state index contributed by atoms with van der Waals surface area (Å²) in [5.41, 5.74) is 3.56. The minimum Gasteiger partial charge on any atom is -0.433 e. The molecule has 0 aliphatic rings. The number of hydrogen-bond donors (Lipinski definition) is 0. The van der Waals surface area contributed by atoms with Gasteiger partial charge in [0.15, 0.2) is 0 Å². The van der Waals surface area contributed by atoms with Gasteiger partial charge in [-0.15, -0.1) is 0 Å². The van der Waals surface area contributed by atoms with E-state index in [1.165, 1.54) is 31.2 Å². The third-order valence-electron chi connectivity index (χ3n) is 4.10. The summed E-state index contributed by atoms with van der Waals surface area (Å²) in [7, 11) is 0. The summed E-state index contributed by atoms with van der Waals surface area (Å²) in [6.45, 7) is 2.26. The SMILES string of the molecule is CCCCCCc1ccc(-c2ccc(OC(=O)OCCC#N)cc2)cc1. The standard InChI is InChI=1S/C22H25NO3/c1-2-3-4-5-7-18-8-10-19(11-9-18)20-12-14-21(15-13-20)26-22(24)25-17-6-16-23/h8-15H,2-7,17H2,1H3. The second-order valence-electron chi connectivity index (χ2n) is 6.14. The van der Waals surface area contributed by atoms with Crippen LogP contribution < -0.4 is 4.74 Å². The predicted octanol–water partition coefficient (Wildman–Crippen LogP) is 5.91. The van der Waals surface area contributed by atoms with Crippen LogP contribution in [0.4, 0.5) is 4.79 Å². The van der Waals surface area contributed by atoms with Gasteiger partial charge >= 0.3 is 6.16 Å². The highest BCUT2D eigenvalue weighted by atomic mass is 16.7. The van der Waals surface area contributed by atoms with Crippen LogP contribution in [-0.2, 0) is 11.2 Å². The molecular formula is C22H25NO3. The van der Waals surface area contributed by atoms with Crippen LogP contribution in [0.25, 0.3) is 11.1 Å². The van der Waals surface area contributed by atoms with Crippen molar-refractivity contribution in [3.05, 3.63) is 54.1 Å². The van der Waals surface area contributed by atoms with Gasteiger partial charge in [-0.3, -0.25) is 0 Å². The molecule has 0 unspecified atom stereocenters. The fourth-order valence-electron chi connectivity index (χ4n) is 2.64. The fourth-order valence-corrected chi connectivity index (χ4v) is 2.64. The Balaban J connectivity index is 1.87. The zero-order valence-corrected chi connectivity index (χ0v) is 15.2. The number of rotatable bonds is 9. The molecule has 0 amide bonds. The van der Waals surface area contributed by atoms with Crippen LogP contribution in [0.3, 0.4) is 0 Å². The third kappa shape index (κ3) is 6.60. The lowest BCUT2D eigenvalue weighted by Gasteiger charge is -2.07. The number of benzene rings is 2. The van der Waals surface area contributed by atoms with E-state index < -0.39 is 6.16 Å². The Morgan fingerprint density at radius 2 is 1.62 bits per heavy atom. The Labute approximate surface area is 155 Å². The Hall–Kier alpha value is -2.80. The van der Waals surface area contributed by atoms with Crippen LogP contribution in [0.1, 0.15) is 44.6 Å². The molecule has 0 atom stereocenters. The van der Waals surface area contributed by atoms with Gasteiger partial charge in [-0.2, -0.15) is 5.26 Å². The maximum atomic E-state index is 11.5. The number of carbonyl (C=O) groups excluding carboxylic acids is 1. The summed E-state index contributed by atoms with van der Waals surface area (Å²) in [4.78, 5) is 11.5. The lowest BCUT2D eigenvalue weighted by Crippen LogP contribution is -2.11. The van der Waals surface area contributed by atoms with Crippen LogP contribution in [0, 0.1) is 11.3 Å². The number of unbranched alkanes of at least 4 members (excludes halogenated alkanes) is 3. The summed E-state index contributed by atoms with van der Waals surface area (Å²) in [5, 5.41) is 8.41. The second-order valence-corrected chi connectivity index (χ2v) is 6.14. The molecule has 2 aromatic carbocycles. The summed E-state index contributed by atoms with van der Waals surface area (Å²) in [6.07, 6.45) is 5.58. The molecule has 4 nitrogen and oxygen atoms in total. The molecule has 0 heterocycles. The Morgan fingerprint density at radius 1 is 0.962 bits per heavy atom. The maximum Gasteiger partial charge on any atom is 0.513 e. The van der Waals surface area contributed by atoms with Crippen LogP contribution in [-0.4, -0.2) is 12.8 Å². The van der Waals surface area contributed by atoms with Gasteiger partial charge in [-0.05, 0) is 41.7 Å². The molecule has 0 aromatic heterocycles. The number of nitriles is 1. The monoisotopic (exact) mass is 351 g/mol. The largest absolute Gasteiger partial charge is 0.513 e. The molecule has 0 saturated heterocycles. The van der Waals surface area contributed by atoms with Crippen molar-refractivity contribution < 1.29 is 14.3 Å². The van der Waals surface area contributed by atoms with E-state index in [4.69, 9.17) is 14.7 Å². The highest BCUT2D eigenvalue weighted by molar-refractivity contribution is 5.67. The Morgan fingerprint density at radius 3 is 2.23 bits per heavy atom. The zero-order valence-electron chi connectivity index (χ0n) is 15.2. The van der Waals surface area contributed by atoms with Crippen molar-refractivity contribution in [1.82, 2.24) is 0 Å². The van der Waals surface area contributed by atoms with E-state index in [1.54, 1.807) is 12.1 Å². The smallest absolute Gasteiger partial charge is 0.433 e. The minimum absolute atomic E-state index is 0.0399. The van der Waals surface area contributed by atoms with Crippen molar-refractivity contribution in [2.75, 3.05) is 6.61 Å². The molecule has 0 aliphatic carbocycles. The quantitative estimate of drug-likeness (QED) is 0.320. The van der Waals surface area contributed by atoms with E-state index in [-0.39, 0.29) is 13.0 Å². The lowest BCUT2D eigenvalue weighted by molar-refractivity contribution is 0.101. The first kappa shape index (κ1) is 19.5. The van der Waals surface area contributed by atoms with E-state index in [9.17, 15) is 4.79 Å². The molecule has 0 spiro atoms. The van der Waals surface area contributed by atoms with E-state index >= 15 is 0 Å². The minimum atomic E-state index is -0.791. The van der Waals surface area contributed by atoms with E-state index in [0.29, 0.717) is 5.75 Å². The molecule has 2 aromatic rings. The van der Waals surface area contributed by atoms with Gasteiger partial charge in [0.25, 0.3) is 0 Å². The van der Waals surface area contributed by atoms with Crippen molar-refractivity contribution in [3.8, 4) is 22.9 Å². The highest BCUT2D eigenvalue weighted by Crippen LogP contribution is 2.23. The number of hydrogen-bond acceptors (Lipinski definition) is 4. The van der Waals surface area contributed by atoms with Crippen LogP contribution in [0.15, 0.2) is 48.5 Å². The van der Waals surface area contributed by atoms with Crippen molar-refractivity contribution in [2.24, 2.45) is 0 Å². The average Bonchev–Trinajstić information content (AvgIpc) is 2.67. The van der Waals surface area contributed by atoms with Crippen molar-refractivity contribution >= 4 is 6.16 Å². The van der Waals surface area contributed by atoms with Crippen molar-refractivity contribution in [1.29, 1.82) is 5.26 Å². The lowest BCUT2D eigenvalue weighted by atomic mass is 10.0. The fraction of sp³-hybridized carbons (Fsp3) is 0.364. The van der Waals surface area contributed by atoms with Crippen molar-refractivity contribution in [2.45, 2.75) is 45.4 Å². The van der Waals surface area contributed by atoms with Gasteiger partial charge in [0, 0.05) is 0 Å². The third-order valence-corrected chi connectivity index (χ3v) is 4.10. The molecule has 0 bridgehead atoms. The summed E-state index contributed by atoms with van der Waals surface area (Å²) in [6, 6.07) is 17.8. The van der Waals surface area contributed by atoms with Gasteiger partial charge in [0.1, 0.15) is 12.4 Å². The molecule has 26 heavy (non-hydrogen) atoms. The topological polar surface area (TPSA) is 59.3 Å². The van der Waals surface area contributed by atoms with E-state index in [2.05, 4.69) is 31.2 Å². The van der Waals surface area contributed by atoms with Gasteiger partial charge in [0.2, 0.25) is 0 Å². The van der Waals surface area contributed by atoms with Gasteiger partial charge in [0.05, 0.1) is 12.5 Å². The van der Waals surface area contributed by atoms with Gasteiger partial charge in [-0.1, -0.05) is 62.6 Å². The molecule has 0 N–H and O–H groups in total. The molecule has 0 saturated carbocycles. The summed E-state index contributed by atoms with van der Waals surface area (Å²) >= 11 is 0. The first-order valence-corrected chi connectivity index (χ1v) is 9.14. The molecular weight excluding hydrogens is 326 g/mol. The normalized spacial score (nSPS) is 10.2. The van der Waals surface area contributed by atoms with Crippen LogP contribution >= 0.6 is 0 Å². The number of carbonyl (C=O) groups is 1. The second kappa shape index (κ2) is 10.9. The first-order chi connectivity index (χ1) is 12.7. The molecule has 0 fully saturated rings. The van der Waals surface area contributed by atoms with Gasteiger partial charge < -0.3 is 9.47 Å². The highest BCUT2D eigenvalue weighted by Gasteiger charge is 2.06. The zero-order chi connectivity index (χ0) is 18.6. The van der Waals surface area contributed by atoms with E-state index in [1.807, 2.05) is 18.2 Å². The summed E-state index contributed by atoms with van der Waals surface area (Å²) in [5.74, 6) is 0.420. The summed E-state index contributed by atoms with van der Waals surface area (Å²) < 4.78 is 9.84. The number of nitrogens with zero attached hydrogens (tertiary/aromatic N) is 1. The molecule has 136 valence electrons. The Bertz CT molecular complexity index is 715. The van der Waals surface area contributed by atoms with Crippen molar-refractivity contribution in [3.63, 3.8) is 0 Å². The average molecular weight is 351 g/mol. The predicted molar refractivity (Wildman–Crippen MR) is 102 cm³/mol. The number of ether oxygens (including phenoxy) is 2. The number of aryl methyl sites for hydroxylation is 1. The first-order valence-electron chi connectivity index (χ1n) is 9.14. The van der Waals surface area contributed by atoms with Crippen LogP contribution in [0.5, 0.6) is 5.75 Å². The molecule has 2 rings (SSSR count). The Kier molecular flexibility index (Phi) is 8.21.